The summed E-state index contributed by atoms with van der Waals surface area (Å²) in [5.74, 6) is -0.533. The summed E-state index contributed by atoms with van der Waals surface area (Å²) in [5, 5.41) is 21.4. The highest BCUT2D eigenvalue weighted by Crippen LogP contribution is 2.22. The molecule has 1 amide bonds. The van der Waals surface area contributed by atoms with E-state index in [9.17, 15) is 15.0 Å². The fraction of sp³-hybridized carbons (Fsp3) is 0.0769. The lowest BCUT2D eigenvalue weighted by atomic mass is 10.1. The van der Waals surface area contributed by atoms with Crippen molar-refractivity contribution in [3.63, 3.8) is 0 Å². The predicted molar refractivity (Wildman–Crippen MR) is 69.9 cm³/mol. The van der Waals surface area contributed by atoms with Crippen molar-refractivity contribution in [3.8, 4) is 11.5 Å². The Balaban J connectivity index is 2.18. The minimum Gasteiger partial charge on any atom is -0.508 e. The number of phenols is 2. The van der Waals surface area contributed by atoms with Gasteiger partial charge in [-0.25, -0.2) is 4.98 Å². The first-order valence-corrected chi connectivity index (χ1v) is 5.58. The van der Waals surface area contributed by atoms with Crippen molar-refractivity contribution in [1.82, 2.24) is 4.98 Å². The third-order valence-corrected chi connectivity index (χ3v) is 2.53. The van der Waals surface area contributed by atoms with E-state index in [1.54, 1.807) is 18.3 Å². The number of pyridine rings is 1. The van der Waals surface area contributed by atoms with Crippen LogP contribution in [0, 0.1) is 0 Å². The average Bonchev–Trinajstić information content (AvgIpc) is 2.42. The van der Waals surface area contributed by atoms with E-state index >= 15 is 0 Å². The number of nitrogens with two attached hydrogens (primary N) is 1. The number of carbonyl (C=O) groups is 1. The lowest BCUT2D eigenvalue weighted by molar-refractivity contribution is 0.102. The molecule has 2 rings (SSSR count). The van der Waals surface area contributed by atoms with E-state index in [0.717, 1.165) is 5.56 Å². The van der Waals surface area contributed by atoms with Gasteiger partial charge in [0.05, 0.1) is 5.56 Å². The predicted octanol–water partition coefficient (Wildman–Crippen LogP) is 1.20. The number of nitrogens with zero attached hydrogens (tertiary/aromatic N) is 1. The van der Waals surface area contributed by atoms with Crippen molar-refractivity contribution in [3.05, 3.63) is 47.7 Å². The van der Waals surface area contributed by atoms with Crippen LogP contribution in [0.3, 0.4) is 0 Å². The highest BCUT2D eigenvalue weighted by Gasteiger charge is 2.12. The zero-order chi connectivity index (χ0) is 13.8. The SMILES string of the molecule is NCc1ccc(NC(=O)c2cc(O)ccc2O)nc1. The number of hydrogen-bond acceptors (Lipinski definition) is 5. The standard InChI is InChI=1S/C13H13N3O3/c14-6-8-1-4-12(15-7-8)16-13(19)10-5-9(17)2-3-11(10)18/h1-5,7,17-18H,6,14H2,(H,15,16,19). The van der Waals surface area contributed by atoms with Gasteiger partial charge in [-0.05, 0) is 29.8 Å². The molecule has 0 fully saturated rings. The quantitative estimate of drug-likeness (QED) is 0.619. The lowest BCUT2D eigenvalue weighted by Gasteiger charge is -2.07. The molecule has 6 heteroatoms. The molecule has 2 aromatic rings. The van der Waals surface area contributed by atoms with Gasteiger partial charge in [0.15, 0.2) is 0 Å². The van der Waals surface area contributed by atoms with Gasteiger partial charge >= 0.3 is 0 Å². The van der Waals surface area contributed by atoms with E-state index < -0.39 is 5.91 Å². The number of nitrogens with one attached hydrogen (secondary N) is 1. The van der Waals surface area contributed by atoms with Crippen molar-refractivity contribution in [1.29, 1.82) is 0 Å². The summed E-state index contributed by atoms with van der Waals surface area (Å²) in [6.07, 6.45) is 1.55. The van der Waals surface area contributed by atoms with Crippen LogP contribution in [0.2, 0.25) is 0 Å². The number of hydrogen-bond donors (Lipinski definition) is 4. The van der Waals surface area contributed by atoms with Crippen LogP contribution < -0.4 is 11.1 Å². The van der Waals surface area contributed by atoms with Gasteiger partial charge in [-0.15, -0.1) is 0 Å². The minimum absolute atomic E-state index is 0.0234. The van der Waals surface area contributed by atoms with Crippen LogP contribution in [0.15, 0.2) is 36.5 Å². The van der Waals surface area contributed by atoms with E-state index in [1.807, 2.05) is 0 Å². The maximum absolute atomic E-state index is 11.9. The Bertz CT molecular complexity index is 597. The van der Waals surface area contributed by atoms with Crippen molar-refractivity contribution in [2.75, 3.05) is 5.32 Å². The smallest absolute Gasteiger partial charge is 0.260 e. The highest BCUT2D eigenvalue weighted by molar-refractivity contribution is 6.05. The van der Waals surface area contributed by atoms with E-state index in [2.05, 4.69) is 10.3 Å². The molecule has 0 saturated carbocycles. The summed E-state index contributed by atoms with van der Waals surface area (Å²) < 4.78 is 0. The fourth-order valence-corrected chi connectivity index (χ4v) is 1.51. The summed E-state index contributed by atoms with van der Waals surface area (Å²) in [7, 11) is 0. The maximum atomic E-state index is 11.9. The van der Waals surface area contributed by atoms with Crippen molar-refractivity contribution >= 4 is 11.7 Å². The average molecular weight is 259 g/mol. The van der Waals surface area contributed by atoms with Crippen molar-refractivity contribution in [2.45, 2.75) is 6.54 Å². The molecule has 0 aliphatic rings. The topological polar surface area (TPSA) is 108 Å². The van der Waals surface area contributed by atoms with Crippen LogP contribution in [-0.4, -0.2) is 21.1 Å². The Morgan fingerprint density at radius 1 is 1.26 bits per heavy atom. The normalized spacial score (nSPS) is 10.2. The van der Waals surface area contributed by atoms with Crippen LogP contribution >= 0.6 is 0 Å². The van der Waals surface area contributed by atoms with E-state index in [4.69, 9.17) is 5.73 Å². The third kappa shape index (κ3) is 2.99. The van der Waals surface area contributed by atoms with Crippen molar-refractivity contribution in [2.24, 2.45) is 5.73 Å². The van der Waals surface area contributed by atoms with Crippen LogP contribution in [0.5, 0.6) is 11.5 Å². The monoisotopic (exact) mass is 259 g/mol. The molecular formula is C13H13N3O3. The molecule has 19 heavy (non-hydrogen) atoms. The first kappa shape index (κ1) is 12.8. The second-order valence-electron chi connectivity index (χ2n) is 3.91. The lowest BCUT2D eigenvalue weighted by Crippen LogP contribution is -2.13. The molecule has 5 N–H and O–H groups in total. The molecule has 1 heterocycles. The first-order valence-electron chi connectivity index (χ1n) is 5.58. The summed E-state index contributed by atoms with van der Waals surface area (Å²) in [5.41, 5.74) is 6.26. The summed E-state index contributed by atoms with van der Waals surface area (Å²) >= 11 is 0. The van der Waals surface area contributed by atoms with E-state index in [-0.39, 0.29) is 17.1 Å². The Labute approximate surface area is 109 Å². The van der Waals surface area contributed by atoms with Gasteiger partial charge in [-0.3, -0.25) is 4.79 Å². The molecule has 0 bridgehead atoms. The second kappa shape index (κ2) is 5.36. The molecule has 0 aliphatic carbocycles. The molecule has 0 saturated heterocycles. The van der Waals surface area contributed by atoms with Gasteiger partial charge in [0.25, 0.3) is 5.91 Å². The largest absolute Gasteiger partial charge is 0.508 e. The summed E-state index contributed by atoms with van der Waals surface area (Å²) in [6, 6.07) is 7.07. The Morgan fingerprint density at radius 3 is 2.68 bits per heavy atom. The zero-order valence-corrected chi connectivity index (χ0v) is 10.00. The number of amides is 1. The number of aromatic hydroxyl groups is 2. The number of anilines is 1. The molecular weight excluding hydrogens is 246 g/mol. The molecule has 0 atom stereocenters. The summed E-state index contributed by atoms with van der Waals surface area (Å²) in [4.78, 5) is 15.9. The van der Waals surface area contributed by atoms with Crippen LogP contribution in [-0.2, 0) is 6.54 Å². The Kier molecular flexibility index (Phi) is 3.63. The van der Waals surface area contributed by atoms with Crippen LogP contribution in [0.1, 0.15) is 15.9 Å². The van der Waals surface area contributed by atoms with Gasteiger partial charge in [-0.1, -0.05) is 6.07 Å². The number of aromatic nitrogens is 1. The zero-order valence-electron chi connectivity index (χ0n) is 10.00. The van der Waals surface area contributed by atoms with Gasteiger partial charge in [0, 0.05) is 12.7 Å². The maximum Gasteiger partial charge on any atom is 0.260 e. The number of carbonyl (C=O) groups excluding carboxylic acids is 1. The third-order valence-electron chi connectivity index (χ3n) is 2.53. The van der Waals surface area contributed by atoms with Gasteiger partial charge < -0.3 is 21.3 Å². The molecule has 6 nitrogen and oxygen atoms in total. The first-order chi connectivity index (χ1) is 9.10. The molecule has 1 aromatic heterocycles. The molecule has 0 spiro atoms. The van der Waals surface area contributed by atoms with E-state index in [0.29, 0.717) is 12.4 Å². The molecule has 0 radical (unpaired) electrons. The van der Waals surface area contributed by atoms with Crippen molar-refractivity contribution < 1.29 is 15.0 Å². The fourth-order valence-electron chi connectivity index (χ4n) is 1.51. The molecule has 1 aromatic carbocycles. The minimum atomic E-state index is -0.554. The van der Waals surface area contributed by atoms with Crippen LogP contribution in [0.25, 0.3) is 0 Å². The number of rotatable bonds is 3. The highest BCUT2D eigenvalue weighted by atomic mass is 16.3. The molecule has 0 unspecified atom stereocenters. The Hall–Kier alpha value is -2.60. The number of benzene rings is 1. The van der Waals surface area contributed by atoms with Gasteiger partial charge in [0.1, 0.15) is 17.3 Å². The van der Waals surface area contributed by atoms with Gasteiger partial charge in [-0.2, -0.15) is 0 Å². The molecule has 98 valence electrons. The van der Waals surface area contributed by atoms with E-state index in [1.165, 1.54) is 18.2 Å². The number of phenolic OH excluding ortho intramolecular Hbond substituents is 2. The van der Waals surface area contributed by atoms with Crippen LogP contribution in [0.4, 0.5) is 5.82 Å². The second-order valence-corrected chi connectivity index (χ2v) is 3.91. The van der Waals surface area contributed by atoms with Gasteiger partial charge in [0.2, 0.25) is 0 Å². The summed E-state index contributed by atoms with van der Waals surface area (Å²) in [6.45, 7) is 0.370. The molecule has 0 aliphatic heterocycles. The Morgan fingerprint density at radius 2 is 2.05 bits per heavy atom.